The van der Waals surface area contributed by atoms with E-state index in [-0.39, 0.29) is 18.7 Å². The number of nitrogens with zero attached hydrogens (tertiary/aromatic N) is 2. The van der Waals surface area contributed by atoms with Crippen LogP contribution in [0.4, 0.5) is 10.5 Å². The largest absolute Gasteiger partial charge is 0.419 e. The van der Waals surface area contributed by atoms with Crippen molar-refractivity contribution in [2.24, 2.45) is 7.05 Å². The van der Waals surface area contributed by atoms with Gasteiger partial charge in [0.25, 0.3) is 0 Å². The molecule has 2 heterocycles. The zero-order valence-corrected chi connectivity index (χ0v) is 13.0. The number of rotatable bonds is 3. The second kappa shape index (κ2) is 6.05. The van der Waals surface area contributed by atoms with Gasteiger partial charge in [0.05, 0.1) is 30.9 Å². The molecule has 0 radical (unpaired) electrons. The third-order valence-electron chi connectivity index (χ3n) is 4.07. The van der Waals surface area contributed by atoms with Crippen LogP contribution in [0.15, 0.2) is 27.4 Å². The van der Waals surface area contributed by atoms with Gasteiger partial charge in [-0.3, -0.25) is 4.57 Å². The Bertz CT molecular complexity index is 781. The summed E-state index contributed by atoms with van der Waals surface area (Å²) in [5.74, 6) is -0.454. The lowest BCUT2D eigenvalue weighted by Gasteiger charge is -2.28. The van der Waals surface area contributed by atoms with E-state index in [4.69, 9.17) is 9.15 Å². The quantitative estimate of drug-likeness (QED) is 0.869. The summed E-state index contributed by atoms with van der Waals surface area (Å²) in [6.45, 7) is 2.83. The number of carbonyl (C=O) groups is 1. The first-order chi connectivity index (χ1) is 11.0. The molecule has 8 nitrogen and oxygen atoms in total. The predicted molar refractivity (Wildman–Crippen MR) is 83.5 cm³/mol. The van der Waals surface area contributed by atoms with Gasteiger partial charge in [-0.25, -0.2) is 9.59 Å². The number of aliphatic hydroxyl groups excluding tert-OH is 1. The highest BCUT2D eigenvalue weighted by molar-refractivity contribution is 5.91. The van der Waals surface area contributed by atoms with Crippen molar-refractivity contribution >= 4 is 22.8 Å². The first kappa shape index (κ1) is 15.6. The fourth-order valence-electron chi connectivity index (χ4n) is 2.76. The Morgan fingerprint density at radius 1 is 1.48 bits per heavy atom. The van der Waals surface area contributed by atoms with Gasteiger partial charge < -0.3 is 24.5 Å². The average Bonchev–Trinajstić information content (AvgIpc) is 3.05. The number of hydrogen-bond acceptors (Lipinski definition) is 5. The molecule has 1 aromatic heterocycles. The molecule has 0 bridgehead atoms. The molecule has 8 heteroatoms. The molecule has 3 rings (SSSR count). The maximum atomic E-state index is 12.4. The zero-order valence-electron chi connectivity index (χ0n) is 13.0. The van der Waals surface area contributed by atoms with E-state index in [2.05, 4.69) is 5.32 Å². The number of oxazole rings is 1. The molecule has 1 fully saturated rings. The standard InChI is InChI=1S/C15H19N3O5/c1-3-18(11-7-22-8-12(11)19)14(20)16-9-4-5-10-13(6-9)23-15(21)17(10)2/h4-6,11-12,19H,3,7-8H2,1-2H3,(H,16,20)/t11-,12-/m0/s1. The lowest BCUT2D eigenvalue weighted by molar-refractivity contribution is 0.1000. The van der Waals surface area contributed by atoms with Crippen molar-refractivity contribution in [1.29, 1.82) is 0 Å². The van der Waals surface area contributed by atoms with Gasteiger partial charge in [0.15, 0.2) is 5.58 Å². The van der Waals surface area contributed by atoms with E-state index in [0.29, 0.717) is 29.9 Å². The van der Waals surface area contributed by atoms with Crippen molar-refractivity contribution in [3.05, 3.63) is 28.7 Å². The van der Waals surface area contributed by atoms with Gasteiger partial charge in [-0.05, 0) is 19.1 Å². The van der Waals surface area contributed by atoms with Crippen molar-refractivity contribution < 1.29 is 19.1 Å². The molecule has 0 unspecified atom stereocenters. The Morgan fingerprint density at radius 3 is 2.91 bits per heavy atom. The van der Waals surface area contributed by atoms with Crippen LogP contribution in [0.25, 0.3) is 11.1 Å². The fourth-order valence-corrected chi connectivity index (χ4v) is 2.76. The van der Waals surface area contributed by atoms with Crippen LogP contribution in [-0.2, 0) is 11.8 Å². The van der Waals surface area contributed by atoms with Crippen molar-refractivity contribution in [3.63, 3.8) is 0 Å². The highest BCUT2D eigenvalue weighted by Crippen LogP contribution is 2.19. The van der Waals surface area contributed by atoms with E-state index >= 15 is 0 Å². The van der Waals surface area contributed by atoms with Crippen molar-refractivity contribution in [2.75, 3.05) is 25.1 Å². The molecule has 2 aromatic rings. The highest BCUT2D eigenvalue weighted by atomic mass is 16.5. The first-order valence-electron chi connectivity index (χ1n) is 7.44. The van der Waals surface area contributed by atoms with Crippen LogP contribution in [0.3, 0.4) is 0 Å². The van der Waals surface area contributed by atoms with E-state index in [9.17, 15) is 14.7 Å². The molecule has 2 amide bonds. The average molecular weight is 321 g/mol. The van der Waals surface area contributed by atoms with Gasteiger partial charge in [-0.15, -0.1) is 0 Å². The number of fused-ring (bicyclic) bond motifs is 1. The van der Waals surface area contributed by atoms with Crippen molar-refractivity contribution in [2.45, 2.75) is 19.1 Å². The Kier molecular flexibility index (Phi) is 4.10. The Hall–Kier alpha value is -2.32. The summed E-state index contributed by atoms with van der Waals surface area (Å²) in [7, 11) is 1.62. The summed E-state index contributed by atoms with van der Waals surface area (Å²) in [6, 6.07) is 4.31. The van der Waals surface area contributed by atoms with Gasteiger partial charge in [-0.1, -0.05) is 0 Å². The van der Waals surface area contributed by atoms with Crippen molar-refractivity contribution in [3.8, 4) is 0 Å². The fraction of sp³-hybridized carbons (Fsp3) is 0.467. The van der Waals surface area contributed by atoms with Crippen LogP contribution in [0, 0.1) is 0 Å². The second-order valence-corrected chi connectivity index (χ2v) is 5.50. The molecule has 124 valence electrons. The van der Waals surface area contributed by atoms with Gasteiger partial charge >= 0.3 is 11.8 Å². The first-order valence-corrected chi connectivity index (χ1v) is 7.44. The number of urea groups is 1. The van der Waals surface area contributed by atoms with Crippen LogP contribution in [0.2, 0.25) is 0 Å². The number of aliphatic hydroxyl groups is 1. The van der Waals surface area contributed by atoms with Crippen LogP contribution < -0.4 is 11.1 Å². The minimum Gasteiger partial charge on any atom is -0.408 e. The van der Waals surface area contributed by atoms with Gasteiger partial charge in [0.2, 0.25) is 0 Å². The molecule has 1 aromatic carbocycles. The molecule has 2 N–H and O–H groups in total. The number of likely N-dealkylation sites (N-methyl/N-ethyl adjacent to an activating group) is 1. The Labute approximate surface area is 132 Å². The molecule has 1 saturated heterocycles. The van der Waals surface area contributed by atoms with Gasteiger partial charge in [0.1, 0.15) is 0 Å². The van der Waals surface area contributed by atoms with E-state index in [1.807, 2.05) is 6.92 Å². The SMILES string of the molecule is CCN(C(=O)Nc1ccc2c(c1)oc(=O)n2C)[C@H]1COC[C@@H]1O. The number of carbonyl (C=O) groups excluding carboxylic acids is 1. The van der Waals surface area contributed by atoms with Crippen molar-refractivity contribution in [1.82, 2.24) is 9.47 Å². The Balaban J connectivity index is 1.80. The number of aryl methyl sites for hydroxylation is 1. The number of aromatic nitrogens is 1. The summed E-state index contributed by atoms with van der Waals surface area (Å²) in [5, 5.41) is 12.6. The zero-order chi connectivity index (χ0) is 16.6. The molecule has 0 aliphatic carbocycles. The number of anilines is 1. The maximum absolute atomic E-state index is 12.4. The summed E-state index contributed by atoms with van der Waals surface area (Å²) in [4.78, 5) is 25.5. The molecule has 0 saturated carbocycles. The summed E-state index contributed by atoms with van der Waals surface area (Å²) in [6.07, 6.45) is -0.685. The van der Waals surface area contributed by atoms with Crippen LogP contribution >= 0.6 is 0 Å². The van der Waals surface area contributed by atoms with Crippen LogP contribution in [0.1, 0.15) is 6.92 Å². The molecule has 23 heavy (non-hydrogen) atoms. The van der Waals surface area contributed by atoms with Crippen LogP contribution in [-0.4, -0.2) is 52.5 Å². The van der Waals surface area contributed by atoms with E-state index < -0.39 is 11.9 Å². The third-order valence-corrected chi connectivity index (χ3v) is 4.07. The number of amides is 2. The molecule has 2 atom stereocenters. The number of ether oxygens (including phenoxy) is 1. The highest BCUT2D eigenvalue weighted by Gasteiger charge is 2.33. The monoisotopic (exact) mass is 321 g/mol. The number of benzene rings is 1. The normalized spacial score (nSPS) is 20.8. The summed E-state index contributed by atoms with van der Waals surface area (Å²) < 4.78 is 11.7. The Morgan fingerprint density at radius 2 is 2.26 bits per heavy atom. The molecule has 0 spiro atoms. The lowest BCUT2D eigenvalue weighted by atomic mass is 10.2. The maximum Gasteiger partial charge on any atom is 0.419 e. The topological polar surface area (TPSA) is 96.9 Å². The van der Waals surface area contributed by atoms with E-state index in [0.717, 1.165) is 0 Å². The van der Waals surface area contributed by atoms with Crippen LogP contribution in [0.5, 0.6) is 0 Å². The lowest BCUT2D eigenvalue weighted by Crippen LogP contribution is -2.48. The van der Waals surface area contributed by atoms with Gasteiger partial charge in [-0.2, -0.15) is 0 Å². The molecular formula is C15H19N3O5. The summed E-state index contributed by atoms with van der Waals surface area (Å²) in [5.41, 5.74) is 1.58. The van der Waals surface area contributed by atoms with E-state index in [1.54, 1.807) is 25.2 Å². The predicted octanol–water partition coefficient (Wildman–Crippen LogP) is 0.745. The minimum atomic E-state index is -0.685. The van der Waals surface area contributed by atoms with Gasteiger partial charge in [0, 0.05) is 25.3 Å². The number of nitrogens with one attached hydrogen (secondary N) is 1. The third kappa shape index (κ3) is 2.82. The molecule has 1 aliphatic heterocycles. The molecule has 1 aliphatic rings. The molecular weight excluding hydrogens is 302 g/mol. The minimum absolute atomic E-state index is 0.232. The summed E-state index contributed by atoms with van der Waals surface area (Å²) >= 11 is 0. The smallest absolute Gasteiger partial charge is 0.408 e. The number of hydrogen-bond donors (Lipinski definition) is 2. The van der Waals surface area contributed by atoms with E-state index in [1.165, 1.54) is 9.47 Å². The second-order valence-electron chi connectivity index (χ2n) is 5.50.